The van der Waals surface area contributed by atoms with E-state index < -0.39 is 18.0 Å². The summed E-state index contributed by atoms with van der Waals surface area (Å²) in [5.41, 5.74) is 0.625. The second-order valence-corrected chi connectivity index (χ2v) is 5.23. The van der Waals surface area contributed by atoms with E-state index >= 15 is 0 Å². The van der Waals surface area contributed by atoms with Crippen LogP contribution < -0.4 is 15.0 Å². The number of urea groups is 1. The van der Waals surface area contributed by atoms with Crippen LogP contribution >= 0.6 is 0 Å². The highest BCUT2D eigenvalue weighted by Gasteiger charge is 2.23. The van der Waals surface area contributed by atoms with Gasteiger partial charge in [-0.05, 0) is 24.5 Å². The first-order valence-corrected chi connectivity index (χ1v) is 6.76. The lowest BCUT2D eigenvalue weighted by atomic mass is 10.0. The monoisotopic (exact) mass is 294 g/mol. The minimum absolute atomic E-state index is 0.175. The molecule has 1 rings (SSSR count). The molecule has 116 valence electrons. The molecule has 0 aliphatic carbocycles. The second-order valence-electron chi connectivity index (χ2n) is 5.23. The summed E-state index contributed by atoms with van der Waals surface area (Å²) in [6, 6.07) is 5.63. The smallest absolute Gasteiger partial charge is 0.326 e. The average Bonchev–Trinajstić information content (AvgIpc) is 2.45. The molecule has 1 atom stereocenters. The van der Waals surface area contributed by atoms with Crippen molar-refractivity contribution in [1.29, 1.82) is 0 Å². The van der Waals surface area contributed by atoms with E-state index in [9.17, 15) is 9.59 Å². The largest absolute Gasteiger partial charge is 0.497 e. The molecule has 0 heterocycles. The van der Waals surface area contributed by atoms with Gasteiger partial charge in [0.05, 0.1) is 7.11 Å². The van der Waals surface area contributed by atoms with Gasteiger partial charge in [0.15, 0.2) is 0 Å². The van der Waals surface area contributed by atoms with E-state index in [0.717, 1.165) is 0 Å². The van der Waals surface area contributed by atoms with Gasteiger partial charge in [-0.2, -0.15) is 0 Å². The molecule has 0 unspecified atom stereocenters. The van der Waals surface area contributed by atoms with Crippen molar-refractivity contribution in [2.24, 2.45) is 5.92 Å². The number of carbonyl (C=O) groups excluding carboxylic acids is 1. The van der Waals surface area contributed by atoms with Crippen LogP contribution in [0.25, 0.3) is 0 Å². The summed E-state index contributed by atoms with van der Waals surface area (Å²) in [6.45, 7) is 3.82. The molecular formula is C15H22N2O4. The number of nitrogens with zero attached hydrogens (tertiary/aromatic N) is 1. The van der Waals surface area contributed by atoms with Crippen LogP contribution in [0.5, 0.6) is 5.75 Å². The number of carbonyl (C=O) groups is 2. The summed E-state index contributed by atoms with van der Waals surface area (Å²) in [4.78, 5) is 24.7. The summed E-state index contributed by atoms with van der Waals surface area (Å²) in [5.74, 6) is -0.228. The molecule has 6 nitrogen and oxygen atoms in total. The molecule has 0 bridgehead atoms. The Labute approximate surface area is 124 Å². The molecule has 1 aromatic rings. The Morgan fingerprint density at radius 2 is 2.05 bits per heavy atom. The molecule has 2 N–H and O–H groups in total. The zero-order chi connectivity index (χ0) is 16.0. The van der Waals surface area contributed by atoms with Gasteiger partial charge in [0.2, 0.25) is 0 Å². The van der Waals surface area contributed by atoms with Crippen molar-refractivity contribution in [3.63, 3.8) is 0 Å². The van der Waals surface area contributed by atoms with Gasteiger partial charge in [-0.3, -0.25) is 4.90 Å². The van der Waals surface area contributed by atoms with Gasteiger partial charge >= 0.3 is 12.0 Å². The Bertz CT molecular complexity index is 502. The van der Waals surface area contributed by atoms with Crippen molar-refractivity contribution in [2.75, 3.05) is 19.1 Å². The number of hydrogen-bond donors (Lipinski definition) is 2. The SMILES string of the molecule is COc1cccc(N(C)C(=O)N[C@H](CC(C)C)C(=O)O)c1. The number of nitrogens with one attached hydrogen (secondary N) is 1. The topological polar surface area (TPSA) is 78.9 Å². The van der Waals surface area contributed by atoms with Gasteiger partial charge in [0, 0.05) is 18.8 Å². The number of hydrogen-bond acceptors (Lipinski definition) is 3. The third kappa shape index (κ3) is 4.98. The number of ether oxygens (including phenoxy) is 1. The molecule has 0 fully saturated rings. The minimum atomic E-state index is -1.03. The highest BCUT2D eigenvalue weighted by molar-refractivity contribution is 5.94. The van der Waals surface area contributed by atoms with E-state index in [-0.39, 0.29) is 5.92 Å². The van der Waals surface area contributed by atoms with Crippen molar-refractivity contribution in [2.45, 2.75) is 26.3 Å². The van der Waals surface area contributed by atoms with E-state index in [1.807, 2.05) is 13.8 Å². The molecule has 0 saturated carbocycles. The summed E-state index contributed by atoms with van der Waals surface area (Å²) in [5, 5.41) is 11.7. The predicted molar refractivity (Wildman–Crippen MR) is 80.8 cm³/mol. The Balaban J connectivity index is 2.78. The van der Waals surface area contributed by atoms with Crippen molar-refractivity contribution in [3.05, 3.63) is 24.3 Å². The minimum Gasteiger partial charge on any atom is -0.497 e. The highest BCUT2D eigenvalue weighted by Crippen LogP contribution is 2.20. The second kappa shape index (κ2) is 7.52. The number of benzene rings is 1. The number of aliphatic carboxylic acids is 1. The number of carboxylic acid groups (broad SMARTS) is 1. The van der Waals surface area contributed by atoms with Crippen molar-refractivity contribution in [3.8, 4) is 5.75 Å². The number of methoxy groups -OCH3 is 1. The molecule has 0 aliphatic rings. The van der Waals surface area contributed by atoms with E-state index in [0.29, 0.717) is 17.9 Å². The lowest BCUT2D eigenvalue weighted by Gasteiger charge is -2.22. The Morgan fingerprint density at radius 3 is 2.57 bits per heavy atom. The van der Waals surface area contributed by atoms with E-state index in [4.69, 9.17) is 9.84 Å². The van der Waals surface area contributed by atoms with Gasteiger partial charge in [-0.1, -0.05) is 19.9 Å². The lowest BCUT2D eigenvalue weighted by molar-refractivity contribution is -0.139. The number of carboxylic acids is 1. The maximum atomic E-state index is 12.2. The van der Waals surface area contributed by atoms with Gasteiger partial charge in [0.25, 0.3) is 0 Å². The van der Waals surface area contributed by atoms with Gasteiger partial charge < -0.3 is 15.2 Å². The van der Waals surface area contributed by atoms with Crippen LogP contribution in [-0.2, 0) is 4.79 Å². The molecule has 6 heteroatoms. The van der Waals surface area contributed by atoms with Gasteiger partial charge in [-0.25, -0.2) is 9.59 Å². The Hall–Kier alpha value is -2.24. The first-order valence-electron chi connectivity index (χ1n) is 6.76. The maximum Gasteiger partial charge on any atom is 0.326 e. The van der Waals surface area contributed by atoms with Crippen LogP contribution in [0.4, 0.5) is 10.5 Å². The molecule has 0 aromatic heterocycles. The lowest BCUT2D eigenvalue weighted by Crippen LogP contribution is -2.47. The third-order valence-electron chi connectivity index (χ3n) is 3.05. The molecule has 1 aromatic carbocycles. The van der Waals surface area contributed by atoms with Gasteiger partial charge in [-0.15, -0.1) is 0 Å². The Morgan fingerprint density at radius 1 is 1.38 bits per heavy atom. The fraction of sp³-hybridized carbons (Fsp3) is 0.467. The molecular weight excluding hydrogens is 272 g/mol. The average molecular weight is 294 g/mol. The summed E-state index contributed by atoms with van der Waals surface area (Å²) >= 11 is 0. The molecule has 0 radical (unpaired) electrons. The fourth-order valence-electron chi connectivity index (χ4n) is 1.88. The normalized spacial score (nSPS) is 11.9. The standard InChI is InChI=1S/C15H22N2O4/c1-10(2)8-13(14(18)19)16-15(20)17(3)11-6-5-7-12(9-11)21-4/h5-7,9-10,13H,8H2,1-4H3,(H,16,20)(H,18,19)/t13-/m1/s1. The van der Waals surface area contributed by atoms with Crippen molar-refractivity contribution >= 4 is 17.7 Å². The van der Waals surface area contributed by atoms with E-state index in [1.165, 1.54) is 4.90 Å². The summed E-state index contributed by atoms with van der Waals surface area (Å²) in [6.07, 6.45) is 0.382. The predicted octanol–water partition coefficient (Wildman–Crippen LogP) is 2.34. The number of rotatable bonds is 6. The zero-order valence-corrected chi connectivity index (χ0v) is 12.8. The summed E-state index contributed by atoms with van der Waals surface area (Å²) < 4.78 is 5.10. The third-order valence-corrected chi connectivity index (χ3v) is 3.05. The number of anilines is 1. The van der Waals surface area contributed by atoms with Crippen LogP contribution in [0.3, 0.4) is 0 Å². The van der Waals surface area contributed by atoms with Crippen LogP contribution in [0, 0.1) is 5.92 Å². The van der Waals surface area contributed by atoms with Crippen molar-refractivity contribution in [1.82, 2.24) is 5.32 Å². The van der Waals surface area contributed by atoms with E-state index in [2.05, 4.69) is 5.32 Å². The van der Waals surface area contributed by atoms with E-state index in [1.54, 1.807) is 38.4 Å². The first kappa shape index (κ1) is 16.8. The Kier molecular flexibility index (Phi) is 6.02. The first-order chi connectivity index (χ1) is 9.85. The fourth-order valence-corrected chi connectivity index (χ4v) is 1.88. The summed E-state index contributed by atoms with van der Waals surface area (Å²) in [7, 11) is 3.13. The van der Waals surface area contributed by atoms with Gasteiger partial charge in [0.1, 0.15) is 11.8 Å². The van der Waals surface area contributed by atoms with Crippen LogP contribution in [0.1, 0.15) is 20.3 Å². The quantitative estimate of drug-likeness (QED) is 0.844. The molecule has 0 spiro atoms. The van der Waals surface area contributed by atoms with Crippen molar-refractivity contribution < 1.29 is 19.4 Å². The highest BCUT2D eigenvalue weighted by atomic mass is 16.5. The zero-order valence-electron chi connectivity index (χ0n) is 12.8. The molecule has 0 aliphatic heterocycles. The van der Waals surface area contributed by atoms with Crippen LogP contribution in [0.15, 0.2) is 24.3 Å². The van der Waals surface area contributed by atoms with Crippen LogP contribution in [0.2, 0.25) is 0 Å². The molecule has 0 saturated heterocycles. The van der Waals surface area contributed by atoms with Crippen LogP contribution in [-0.4, -0.2) is 37.3 Å². The molecule has 21 heavy (non-hydrogen) atoms. The number of amides is 2. The maximum absolute atomic E-state index is 12.2. The molecule has 2 amide bonds.